The zero-order valence-corrected chi connectivity index (χ0v) is 12.8. The van der Waals surface area contributed by atoms with Crippen LogP contribution in [0.15, 0.2) is 29.3 Å². The molecule has 0 aliphatic carbocycles. The van der Waals surface area contributed by atoms with Crippen LogP contribution in [0, 0.1) is 0 Å². The van der Waals surface area contributed by atoms with Crippen molar-refractivity contribution in [3.05, 3.63) is 35.4 Å². The Balaban J connectivity index is 2.36. The molecule has 0 spiro atoms. The van der Waals surface area contributed by atoms with Gasteiger partial charge in [-0.15, -0.1) is 0 Å². The maximum absolute atomic E-state index is 12.1. The molecule has 4 nitrogen and oxygen atoms in total. The fourth-order valence-electron chi connectivity index (χ4n) is 1.70. The lowest BCUT2D eigenvalue weighted by Crippen LogP contribution is -2.38. The molecule has 0 fully saturated rings. The number of hydrogen-bond donors (Lipinski definition) is 2. The molecule has 0 unspecified atom stereocenters. The van der Waals surface area contributed by atoms with Crippen LogP contribution in [-0.2, 0) is 17.9 Å². The predicted octanol–water partition coefficient (Wildman–Crippen LogP) is 2.84. The number of halogens is 3. The van der Waals surface area contributed by atoms with E-state index in [0.717, 1.165) is 11.1 Å². The molecule has 0 aliphatic rings. The van der Waals surface area contributed by atoms with Crippen molar-refractivity contribution in [2.45, 2.75) is 32.7 Å². The Bertz CT molecular complexity index is 458. The molecule has 0 bridgehead atoms. The van der Waals surface area contributed by atoms with Crippen molar-refractivity contribution in [2.24, 2.45) is 4.99 Å². The van der Waals surface area contributed by atoms with Gasteiger partial charge in [0.25, 0.3) is 0 Å². The minimum atomic E-state index is -4.16. The first kappa shape index (κ1) is 18.3. The minimum Gasteiger partial charge on any atom is -0.377 e. The molecule has 0 heterocycles. The third-order valence-electron chi connectivity index (χ3n) is 2.88. The molecule has 0 radical (unpaired) electrons. The molecule has 0 aliphatic heterocycles. The lowest BCUT2D eigenvalue weighted by molar-refractivity contribution is -0.132. The zero-order valence-electron chi connectivity index (χ0n) is 12.8. The largest absolute Gasteiger partial charge is 0.390 e. The van der Waals surface area contributed by atoms with Crippen LogP contribution in [0.4, 0.5) is 13.2 Å². The molecule has 22 heavy (non-hydrogen) atoms. The van der Waals surface area contributed by atoms with E-state index in [9.17, 15) is 13.2 Å². The topological polar surface area (TPSA) is 45.6 Å². The maximum Gasteiger partial charge on any atom is 0.390 e. The number of hydrogen-bond acceptors (Lipinski definition) is 2. The summed E-state index contributed by atoms with van der Waals surface area (Å²) in [6.07, 6.45) is -5.05. The smallest absolute Gasteiger partial charge is 0.377 e. The Kier molecular flexibility index (Phi) is 7.73. The van der Waals surface area contributed by atoms with E-state index < -0.39 is 12.6 Å². The van der Waals surface area contributed by atoms with Gasteiger partial charge in [0, 0.05) is 26.7 Å². The molecular weight excluding hydrogens is 295 g/mol. The highest BCUT2D eigenvalue weighted by molar-refractivity contribution is 5.79. The van der Waals surface area contributed by atoms with Crippen molar-refractivity contribution in [1.82, 2.24) is 10.6 Å². The molecule has 1 rings (SSSR count). The van der Waals surface area contributed by atoms with Crippen molar-refractivity contribution in [3.63, 3.8) is 0 Å². The van der Waals surface area contributed by atoms with E-state index in [2.05, 4.69) is 15.6 Å². The molecule has 0 saturated heterocycles. The Morgan fingerprint density at radius 1 is 1.14 bits per heavy atom. The summed E-state index contributed by atoms with van der Waals surface area (Å²) in [7, 11) is 1.52. The van der Waals surface area contributed by atoms with Crippen LogP contribution in [0.25, 0.3) is 0 Å². The number of benzene rings is 1. The first-order valence-corrected chi connectivity index (χ1v) is 7.11. The quantitative estimate of drug-likeness (QED) is 0.600. The van der Waals surface area contributed by atoms with Gasteiger partial charge in [-0.05, 0) is 18.1 Å². The van der Waals surface area contributed by atoms with Gasteiger partial charge in [0.05, 0.1) is 13.0 Å². The van der Waals surface area contributed by atoms with Gasteiger partial charge in [-0.2, -0.15) is 13.2 Å². The molecule has 0 aromatic heterocycles. The highest BCUT2D eigenvalue weighted by Crippen LogP contribution is 2.18. The van der Waals surface area contributed by atoms with Gasteiger partial charge in [0.15, 0.2) is 5.96 Å². The van der Waals surface area contributed by atoms with E-state index in [1.54, 1.807) is 0 Å². The summed E-state index contributed by atoms with van der Waals surface area (Å²) < 4.78 is 41.5. The summed E-state index contributed by atoms with van der Waals surface area (Å²) in [5.41, 5.74) is 2.09. The van der Waals surface area contributed by atoms with Crippen molar-refractivity contribution in [1.29, 1.82) is 0 Å². The summed E-state index contributed by atoms with van der Waals surface area (Å²) in [6, 6.07) is 7.83. The Labute approximate surface area is 128 Å². The highest BCUT2D eigenvalue weighted by Gasteiger charge is 2.26. The second-order valence-corrected chi connectivity index (χ2v) is 4.67. The molecular formula is C15H22F3N3O. The average Bonchev–Trinajstić information content (AvgIpc) is 2.48. The average molecular weight is 317 g/mol. The van der Waals surface area contributed by atoms with E-state index >= 15 is 0 Å². The summed E-state index contributed by atoms with van der Waals surface area (Å²) in [6.45, 7) is 3.47. The molecule has 1 aromatic rings. The van der Waals surface area contributed by atoms with Crippen LogP contribution in [0.1, 0.15) is 24.5 Å². The van der Waals surface area contributed by atoms with E-state index in [1.165, 1.54) is 7.05 Å². The number of guanidine groups is 1. The number of nitrogens with one attached hydrogen (secondary N) is 2. The van der Waals surface area contributed by atoms with Crippen LogP contribution < -0.4 is 10.6 Å². The van der Waals surface area contributed by atoms with Crippen LogP contribution in [0.5, 0.6) is 0 Å². The van der Waals surface area contributed by atoms with Gasteiger partial charge in [0.2, 0.25) is 0 Å². The van der Waals surface area contributed by atoms with E-state index in [1.807, 2.05) is 31.2 Å². The van der Waals surface area contributed by atoms with Gasteiger partial charge in [-0.25, -0.2) is 0 Å². The highest BCUT2D eigenvalue weighted by atomic mass is 19.4. The molecule has 0 saturated carbocycles. The van der Waals surface area contributed by atoms with Gasteiger partial charge in [-0.1, -0.05) is 24.3 Å². The van der Waals surface area contributed by atoms with Crippen molar-refractivity contribution in [2.75, 3.05) is 20.2 Å². The Hall–Kier alpha value is -1.76. The van der Waals surface area contributed by atoms with E-state index in [-0.39, 0.29) is 6.54 Å². The minimum absolute atomic E-state index is 0.198. The third kappa shape index (κ3) is 7.87. The first-order chi connectivity index (χ1) is 10.4. The molecule has 124 valence electrons. The zero-order chi connectivity index (χ0) is 16.4. The van der Waals surface area contributed by atoms with E-state index in [4.69, 9.17) is 4.74 Å². The third-order valence-corrected chi connectivity index (χ3v) is 2.88. The van der Waals surface area contributed by atoms with Crippen LogP contribution in [0.2, 0.25) is 0 Å². The predicted molar refractivity (Wildman–Crippen MR) is 80.6 cm³/mol. The molecule has 0 amide bonds. The summed E-state index contributed by atoms with van der Waals surface area (Å²) in [4.78, 5) is 3.89. The fraction of sp³-hybridized carbons (Fsp3) is 0.533. The number of rotatable bonds is 7. The normalized spacial score (nSPS) is 12.3. The van der Waals surface area contributed by atoms with Gasteiger partial charge in [-0.3, -0.25) is 4.99 Å². The van der Waals surface area contributed by atoms with Gasteiger partial charge >= 0.3 is 6.18 Å². The van der Waals surface area contributed by atoms with Gasteiger partial charge < -0.3 is 15.4 Å². The monoisotopic (exact) mass is 317 g/mol. The Morgan fingerprint density at radius 2 is 1.77 bits per heavy atom. The molecule has 7 heteroatoms. The standard InChI is InChI=1S/C15H22F3N3O/c1-3-22-11-13-6-4-12(5-7-13)10-21-14(19-2)20-9-8-15(16,17)18/h4-7H,3,8-11H2,1-2H3,(H2,19,20,21). The van der Waals surface area contributed by atoms with Crippen LogP contribution in [0.3, 0.4) is 0 Å². The summed E-state index contributed by atoms with van der Waals surface area (Å²) in [5.74, 6) is 0.350. The van der Waals surface area contributed by atoms with Gasteiger partial charge in [0.1, 0.15) is 0 Å². The first-order valence-electron chi connectivity index (χ1n) is 7.11. The number of alkyl halides is 3. The number of aliphatic imine (C=N–C) groups is 1. The number of nitrogens with zero attached hydrogens (tertiary/aromatic N) is 1. The summed E-state index contributed by atoms with van der Waals surface area (Å²) >= 11 is 0. The molecule has 2 N–H and O–H groups in total. The second-order valence-electron chi connectivity index (χ2n) is 4.67. The molecule has 0 atom stereocenters. The lowest BCUT2D eigenvalue weighted by atomic mass is 10.1. The van der Waals surface area contributed by atoms with Crippen LogP contribution in [-0.4, -0.2) is 32.3 Å². The van der Waals surface area contributed by atoms with E-state index in [0.29, 0.717) is 25.7 Å². The second kappa shape index (κ2) is 9.30. The molecule has 1 aromatic carbocycles. The lowest BCUT2D eigenvalue weighted by Gasteiger charge is -2.13. The van der Waals surface area contributed by atoms with Crippen molar-refractivity contribution in [3.8, 4) is 0 Å². The van der Waals surface area contributed by atoms with Crippen LogP contribution >= 0.6 is 0 Å². The fourth-order valence-corrected chi connectivity index (χ4v) is 1.70. The SMILES string of the molecule is CCOCc1ccc(CNC(=NC)NCCC(F)(F)F)cc1. The number of ether oxygens (including phenoxy) is 1. The van der Waals surface area contributed by atoms with Crippen molar-refractivity contribution >= 4 is 5.96 Å². The Morgan fingerprint density at radius 3 is 2.32 bits per heavy atom. The summed E-state index contributed by atoms with van der Waals surface area (Å²) in [5, 5.41) is 5.61. The van der Waals surface area contributed by atoms with Crippen molar-refractivity contribution < 1.29 is 17.9 Å². The maximum atomic E-state index is 12.1.